The lowest BCUT2D eigenvalue weighted by Gasteiger charge is -2.17. The molecule has 0 unspecified atom stereocenters. The zero-order valence-corrected chi connectivity index (χ0v) is 55.8. The molecule has 3 N–H and O–H groups in total. The third kappa shape index (κ3) is 25.6. The van der Waals surface area contributed by atoms with Gasteiger partial charge in [-0.05, 0) is 149 Å². The fraction of sp³-hybridized carbons (Fsp3) is 0.521. The number of pyridine rings is 2. The van der Waals surface area contributed by atoms with E-state index in [1.54, 1.807) is 18.3 Å². The number of anilines is 3. The largest absolute Gasteiger partial charge is 0.359 e. The van der Waals surface area contributed by atoms with Crippen molar-refractivity contribution < 1.29 is 23.6 Å². The Hall–Kier alpha value is -6.00. The minimum atomic E-state index is -0.287. The monoisotopic (exact) mass is 1150 g/mol. The van der Waals surface area contributed by atoms with Crippen molar-refractivity contribution in [1.29, 1.82) is 0 Å². The Morgan fingerprint density at radius 2 is 0.976 bits per heavy atom. The van der Waals surface area contributed by atoms with E-state index in [1.807, 2.05) is 115 Å². The van der Waals surface area contributed by atoms with Crippen LogP contribution in [0.1, 0.15) is 238 Å². The second-order valence-electron chi connectivity index (χ2n) is 26.2. The number of Topliss-reactive ketones (excluding diaryl/α,β-unsaturated/α-hetero) is 2. The highest BCUT2D eigenvalue weighted by molar-refractivity contribution is 6.31. The third-order valence-corrected chi connectivity index (χ3v) is 14.2. The number of aromatic nitrogens is 2. The average Bonchev–Trinajstić information content (AvgIpc) is 3.44. The summed E-state index contributed by atoms with van der Waals surface area (Å²) < 4.78 is 13.4. The summed E-state index contributed by atoms with van der Waals surface area (Å²) in [6.07, 6.45) is 6.43. The maximum Gasteiger partial charge on any atom is 0.226 e. The lowest BCUT2D eigenvalue weighted by atomic mass is 9.86. The summed E-state index contributed by atoms with van der Waals surface area (Å²) in [5.41, 5.74) is 14.3. The van der Waals surface area contributed by atoms with Gasteiger partial charge >= 0.3 is 0 Å². The minimum Gasteiger partial charge on any atom is -0.359 e. The van der Waals surface area contributed by atoms with Crippen molar-refractivity contribution in [2.45, 2.75) is 216 Å². The first kappa shape index (κ1) is 74.0. The quantitative estimate of drug-likeness (QED) is 0.0897. The lowest BCUT2D eigenvalue weighted by molar-refractivity contribution is -0.126. The number of nitrogens with one attached hydrogen (secondary N) is 3. The molecule has 452 valence electrons. The molecule has 2 aromatic heterocycles. The summed E-state index contributed by atoms with van der Waals surface area (Å²) >= 11 is 6.14. The van der Waals surface area contributed by atoms with Crippen LogP contribution >= 0.6 is 11.6 Å². The summed E-state index contributed by atoms with van der Waals surface area (Å²) in [6, 6.07) is 19.2. The number of carbonyl (C=O) groups is 4. The fourth-order valence-corrected chi connectivity index (χ4v) is 8.21. The van der Waals surface area contributed by atoms with Crippen molar-refractivity contribution in [3.8, 4) is 0 Å². The van der Waals surface area contributed by atoms with Crippen molar-refractivity contribution >= 4 is 52.0 Å². The normalized spacial score (nSPS) is 11.4. The molecule has 0 bridgehead atoms. The molecule has 0 atom stereocenters. The number of hydrogen-bond acceptors (Lipinski definition) is 7. The summed E-state index contributed by atoms with van der Waals surface area (Å²) in [5, 5.41) is 9.80. The van der Waals surface area contributed by atoms with Crippen LogP contribution in [0, 0.1) is 55.2 Å². The van der Waals surface area contributed by atoms with E-state index >= 15 is 0 Å². The van der Waals surface area contributed by atoms with E-state index in [9.17, 15) is 23.6 Å². The van der Waals surface area contributed by atoms with Gasteiger partial charge in [-0.2, -0.15) is 0 Å². The molecule has 82 heavy (non-hydrogen) atoms. The van der Waals surface area contributed by atoms with Crippen LogP contribution in [0.3, 0.4) is 0 Å². The van der Waals surface area contributed by atoms with Gasteiger partial charge in [0.1, 0.15) is 17.4 Å². The fourth-order valence-electron chi connectivity index (χ4n) is 7.88. The van der Waals surface area contributed by atoms with E-state index in [0.29, 0.717) is 59.5 Å². The molecule has 0 saturated heterocycles. The van der Waals surface area contributed by atoms with Crippen LogP contribution < -0.4 is 16.0 Å². The zero-order chi connectivity index (χ0) is 63.3. The molecule has 0 radical (unpaired) electrons. The SMILES string of the molecule is C=C(Nc1ccc(Cl)c(C(C)C)c1)C(C)C.CC(C)C(=O)Nc1ccc(F)c(C(C)C)c1.Cc1c(NC(=O)C(C)C)cncc1C(C)C.Cc1ccc(CC(=O)C(C)(C)C)cc1C(C)C.Cc1cnc(CC(=O)C(C)(C)C)cc1C(C)C. The first-order valence-corrected chi connectivity index (χ1v) is 29.8. The number of hydrogen-bond donors (Lipinski definition) is 3. The molecule has 3 aromatic carbocycles. The van der Waals surface area contributed by atoms with Crippen molar-refractivity contribution in [3.63, 3.8) is 0 Å². The van der Waals surface area contributed by atoms with Crippen molar-refractivity contribution in [3.05, 3.63) is 158 Å². The molecule has 0 spiro atoms. The van der Waals surface area contributed by atoms with Gasteiger partial charge in [-0.15, -0.1) is 0 Å². The number of allylic oxidation sites excluding steroid dienone is 1. The smallest absolute Gasteiger partial charge is 0.226 e. The second-order valence-corrected chi connectivity index (χ2v) is 26.6. The van der Waals surface area contributed by atoms with E-state index in [4.69, 9.17) is 11.6 Å². The Morgan fingerprint density at radius 3 is 1.46 bits per heavy atom. The highest BCUT2D eigenvalue weighted by Gasteiger charge is 2.23. The van der Waals surface area contributed by atoms with Crippen LogP contribution in [0.5, 0.6) is 0 Å². The molecule has 5 rings (SSSR count). The van der Waals surface area contributed by atoms with E-state index in [-0.39, 0.29) is 52.0 Å². The van der Waals surface area contributed by atoms with Gasteiger partial charge in [-0.3, -0.25) is 29.1 Å². The third-order valence-electron chi connectivity index (χ3n) is 13.9. The predicted octanol–water partition coefficient (Wildman–Crippen LogP) is 19.6. The van der Waals surface area contributed by atoms with Gasteiger partial charge in [0.2, 0.25) is 11.8 Å². The summed E-state index contributed by atoms with van der Waals surface area (Å²) in [7, 11) is 0. The van der Waals surface area contributed by atoms with Crippen molar-refractivity contribution in [2.24, 2.45) is 28.6 Å². The Labute approximate surface area is 501 Å². The Morgan fingerprint density at radius 1 is 0.512 bits per heavy atom. The number of aryl methyl sites for hydroxylation is 2. The number of carbonyl (C=O) groups excluding carboxylic acids is 4. The molecular weight excluding hydrogens is 1040 g/mol. The van der Waals surface area contributed by atoms with Crippen LogP contribution in [0.25, 0.3) is 0 Å². The zero-order valence-electron chi connectivity index (χ0n) is 55.0. The van der Waals surface area contributed by atoms with Crippen molar-refractivity contribution in [2.75, 3.05) is 16.0 Å². The molecule has 0 fully saturated rings. The minimum absolute atomic E-state index is 0.0119. The molecule has 0 aliphatic carbocycles. The standard InChI is InChI=1S/C16H24O.C15H23NO.C14H20ClN.C13H18FNO.C13H20N2O/c1-11(2)14-9-13(8-7-12(14)3)10-15(17)16(4,5)6;1-10(2)13-7-12(16-9-11(13)3)8-14(17)15(4,5)6;1-9(2)11(5)16-12-6-7-14(15)13(8-12)10(3)4;1-8(2)11-7-10(5-6-12(11)14)15-13(16)9(3)4;1-8(2)11-6-14-7-12(10(11)5)15-13(16)9(3)4/h7-9,11H,10H2,1-6H3;7,9-10H,8H2,1-6H3;6-10,16H,5H2,1-4H3;5-9H,1-4H3,(H,15,16);6-9H,1-5H3,(H,15,16). The van der Waals surface area contributed by atoms with Gasteiger partial charge in [0.05, 0.1) is 11.9 Å². The molecular formula is C71H105ClFN5O4. The maximum absolute atomic E-state index is 13.4. The van der Waals surface area contributed by atoms with Gasteiger partial charge in [0, 0.05) is 75.7 Å². The highest BCUT2D eigenvalue weighted by Crippen LogP contribution is 2.30. The first-order chi connectivity index (χ1) is 37.7. The van der Waals surface area contributed by atoms with Crippen LogP contribution in [-0.2, 0) is 32.0 Å². The van der Waals surface area contributed by atoms with Crippen LogP contribution in [-0.4, -0.2) is 33.3 Å². The van der Waals surface area contributed by atoms with Crippen LogP contribution in [0.2, 0.25) is 5.02 Å². The maximum atomic E-state index is 13.4. The van der Waals surface area contributed by atoms with Gasteiger partial charge in [0.25, 0.3) is 0 Å². The molecule has 2 heterocycles. The number of ketones is 2. The van der Waals surface area contributed by atoms with Gasteiger partial charge in [-0.25, -0.2) is 4.39 Å². The predicted molar refractivity (Wildman–Crippen MR) is 348 cm³/mol. The number of halogens is 2. The Bertz CT molecular complexity index is 2720. The molecule has 2 amide bonds. The lowest BCUT2D eigenvalue weighted by Crippen LogP contribution is -2.22. The second kappa shape index (κ2) is 33.9. The Kier molecular flexibility index (Phi) is 30.6. The van der Waals surface area contributed by atoms with Gasteiger partial charge < -0.3 is 16.0 Å². The van der Waals surface area contributed by atoms with Crippen molar-refractivity contribution in [1.82, 2.24) is 9.97 Å². The number of nitrogens with zero attached hydrogens (tertiary/aromatic N) is 2. The van der Waals surface area contributed by atoms with Crippen LogP contribution in [0.15, 0.2) is 91.5 Å². The Balaban J connectivity index is 0.000000513. The van der Waals surface area contributed by atoms with Crippen LogP contribution in [0.4, 0.5) is 21.5 Å². The molecule has 0 aliphatic heterocycles. The molecule has 0 saturated carbocycles. The van der Waals surface area contributed by atoms with E-state index in [2.05, 4.69) is 146 Å². The highest BCUT2D eigenvalue weighted by atomic mass is 35.5. The summed E-state index contributed by atoms with van der Waals surface area (Å²) in [5.74, 6) is 2.58. The average molecular weight is 1150 g/mol. The van der Waals surface area contributed by atoms with E-state index in [0.717, 1.165) is 38.9 Å². The molecule has 5 aromatic rings. The van der Waals surface area contributed by atoms with E-state index in [1.165, 1.54) is 39.4 Å². The molecule has 11 heteroatoms. The van der Waals surface area contributed by atoms with E-state index < -0.39 is 0 Å². The molecule has 0 aliphatic rings. The first-order valence-electron chi connectivity index (χ1n) is 29.4. The number of rotatable bonds is 16. The summed E-state index contributed by atoms with van der Waals surface area (Å²) in [4.78, 5) is 55.6. The van der Waals surface area contributed by atoms with Gasteiger partial charge in [0.15, 0.2) is 0 Å². The number of amides is 2. The number of benzene rings is 3. The topological polar surface area (TPSA) is 130 Å². The summed E-state index contributed by atoms with van der Waals surface area (Å²) in [6.45, 7) is 54.7. The molecule has 9 nitrogen and oxygen atoms in total. The van der Waals surface area contributed by atoms with Gasteiger partial charge in [-0.1, -0.05) is 189 Å².